The average Bonchev–Trinajstić information content (AvgIpc) is 3.23. The van der Waals surface area contributed by atoms with E-state index in [4.69, 9.17) is 0 Å². The molecule has 2 aromatic rings. The molecule has 0 saturated heterocycles. The predicted molar refractivity (Wildman–Crippen MR) is 81.4 cm³/mol. The Morgan fingerprint density at radius 1 is 1.21 bits per heavy atom. The quantitative estimate of drug-likeness (QED) is 0.474. The Balaban J connectivity index is 1.60. The first-order chi connectivity index (χ1) is 11.5. The van der Waals surface area contributed by atoms with Crippen LogP contribution in [0.25, 0.3) is 5.78 Å². The van der Waals surface area contributed by atoms with Gasteiger partial charge in [-0.25, -0.2) is 9.50 Å². The van der Waals surface area contributed by atoms with Crippen LogP contribution in [-0.2, 0) is 20.8 Å². The molecular formula is C14H17N7O3. The molecule has 10 nitrogen and oxygen atoms in total. The number of hydrazine groups is 1. The highest BCUT2D eigenvalue weighted by molar-refractivity contribution is 6.35. The Hall–Kier alpha value is -3.04. The van der Waals surface area contributed by atoms with E-state index in [-0.39, 0.29) is 12.5 Å². The van der Waals surface area contributed by atoms with Gasteiger partial charge in [0.1, 0.15) is 6.33 Å². The number of aryl methyl sites for hydroxylation is 2. The van der Waals surface area contributed by atoms with Crippen molar-refractivity contribution in [3.63, 3.8) is 0 Å². The van der Waals surface area contributed by atoms with E-state index in [0.29, 0.717) is 17.0 Å². The van der Waals surface area contributed by atoms with Crippen molar-refractivity contribution < 1.29 is 14.4 Å². The highest BCUT2D eigenvalue weighted by Gasteiger charge is 2.26. The Morgan fingerprint density at radius 2 is 1.96 bits per heavy atom. The Labute approximate surface area is 137 Å². The summed E-state index contributed by atoms with van der Waals surface area (Å²) in [7, 11) is 0. The van der Waals surface area contributed by atoms with Gasteiger partial charge in [-0.2, -0.15) is 10.1 Å². The van der Waals surface area contributed by atoms with Crippen molar-refractivity contribution in [2.24, 2.45) is 0 Å². The fourth-order valence-electron chi connectivity index (χ4n) is 2.28. The van der Waals surface area contributed by atoms with E-state index in [9.17, 15) is 14.4 Å². The lowest BCUT2D eigenvalue weighted by Gasteiger charge is -2.11. The van der Waals surface area contributed by atoms with Crippen LogP contribution in [0.2, 0.25) is 0 Å². The fraction of sp³-hybridized carbons (Fsp3) is 0.429. The molecule has 0 bridgehead atoms. The third kappa shape index (κ3) is 3.31. The van der Waals surface area contributed by atoms with Gasteiger partial charge in [0.2, 0.25) is 5.91 Å². The number of hydrogen-bond acceptors (Lipinski definition) is 6. The summed E-state index contributed by atoms with van der Waals surface area (Å²) < 4.78 is 1.54. The van der Waals surface area contributed by atoms with E-state index in [1.807, 2.05) is 0 Å². The number of carbonyl (C=O) groups excluding carboxylic acids is 3. The maximum Gasteiger partial charge on any atom is 0.327 e. The van der Waals surface area contributed by atoms with Crippen LogP contribution in [0.5, 0.6) is 0 Å². The standard InChI is InChI=1S/C14H17N7O3/c1-7-10(8(2)21-14(17-7)15-6-16-21)5-11(22)19-20-13(24)12(23)18-9-3-4-9/h6,9H,3-5H2,1-2H3,(H,18,23)(H,19,22)(H,20,24). The molecule has 2 heterocycles. The second-order valence-electron chi connectivity index (χ2n) is 5.66. The first-order valence-corrected chi connectivity index (χ1v) is 7.51. The van der Waals surface area contributed by atoms with Gasteiger partial charge < -0.3 is 5.32 Å². The zero-order chi connectivity index (χ0) is 17.3. The van der Waals surface area contributed by atoms with E-state index < -0.39 is 17.7 Å². The van der Waals surface area contributed by atoms with Crippen LogP contribution in [0, 0.1) is 13.8 Å². The number of amides is 3. The molecule has 3 rings (SSSR count). The van der Waals surface area contributed by atoms with Crippen LogP contribution >= 0.6 is 0 Å². The third-order valence-electron chi connectivity index (χ3n) is 3.76. The second kappa shape index (κ2) is 6.22. The minimum absolute atomic E-state index is 0.00894. The van der Waals surface area contributed by atoms with Crippen LogP contribution in [0.4, 0.5) is 0 Å². The summed E-state index contributed by atoms with van der Waals surface area (Å²) in [5.74, 6) is -1.65. The van der Waals surface area contributed by atoms with Gasteiger partial charge in [0, 0.05) is 23.0 Å². The summed E-state index contributed by atoms with van der Waals surface area (Å²) in [4.78, 5) is 43.4. The highest BCUT2D eigenvalue weighted by atomic mass is 16.2. The Bertz CT molecular complexity index is 825. The molecule has 3 amide bonds. The molecule has 1 aliphatic carbocycles. The van der Waals surface area contributed by atoms with Gasteiger partial charge >= 0.3 is 11.8 Å². The van der Waals surface area contributed by atoms with E-state index in [0.717, 1.165) is 18.5 Å². The number of hydrogen-bond donors (Lipinski definition) is 3. The monoisotopic (exact) mass is 331 g/mol. The van der Waals surface area contributed by atoms with Crippen molar-refractivity contribution in [2.75, 3.05) is 0 Å². The minimum atomic E-state index is -0.895. The summed E-state index contributed by atoms with van der Waals surface area (Å²) in [5.41, 5.74) is 6.41. The fourth-order valence-corrected chi connectivity index (χ4v) is 2.28. The van der Waals surface area contributed by atoms with Gasteiger partial charge in [0.15, 0.2) is 0 Å². The maximum atomic E-state index is 12.0. The molecule has 0 aliphatic heterocycles. The van der Waals surface area contributed by atoms with Gasteiger partial charge in [-0.3, -0.25) is 25.2 Å². The molecule has 0 unspecified atom stereocenters. The molecule has 0 spiro atoms. The van der Waals surface area contributed by atoms with Gasteiger partial charge in [0.25, 0.3) is 5.78 Å². The van der Waals surface area contributed by atoms with E-state index in [2.05, 4.69) is 31.2 Å². The second-order valence-corrected chi connectivity index (χ2v) is 5.66. The van der Waals surface area contributed by atoms with Crippen molar-refractivity contribution in [1.29, 1.82) is 0 Å². The summed E-state index contributed by atoms with van der Waals surface area (Å²) >= 11 is 0. The van der Waals surface area contributed by atoms with Crippen molar-refractivity contribution in [2.45, 2.75) is 39.2 Å². The summed E-state index contributed by atoms with van der Waals surface area (Å²) in [6.45, 7) is 3.58. The van der Waals surface area contributed by atoms with Gasteiger partial charge in [0.05, 0.1) is 6.42 Å². The van der Waals surface area contributed by atoms with Crippen LogP contribution in [-0.4, -0.2) is 43.3 Å². The number of nitrogens with zero attached hydrogens (tertiary/aromatic N) is 4. The van der Waals surface area contributed by atoms with E-state index in [1.54, 1.807) is 13.8 Å². The molecule has 1 aliphatic rings. The highest BCUT2D eigenvalue weighted by Crippen LogP contribution is 2.18. The largest absolute Gasteiger partial charge is 0.345 e. The molecule has 126 valence electrons. The molecule has 1 saturated carbocycles. The van der Waals surface area contributed by atoms with Crippen molar-refractivity contribution in [3.8, 4) is 0 Å². The molecule has 0 radical (unpaired) electrons. The van der Waals surface area contributed by atoms with Crippen LogP contribution < -0.4 is 16.2 Å². The van der Waals surface area contributed by atoms with Crippen LogP contribution in [0.1, 0.15) is 29.8 Å². The summed E-state index contributed by atoms with van der Waals surface area (Å²) in [6.07, 6.45) is 3.13. The Kier molecular flexibility index (Phi) is 4.11. The van der Waals surface area contributed by atoms with Gasteiger partial charge in [-0.15, -0.1) is 0 Å². The number of aromatic nitrogens is 4. The van der Waals surface area contributed by atoms with E-state index >= 15 is 0 Å². The third-order valence-corrected chi connectivity index (χ3v) is 3.76. The first-order valence-electron chi connectivity index (χ1n) is 7.51. The Morgan fingerprint density at radius 3 is 2.67 bits per heavy atom. The lowest BCUT2D eigenvalue weighted by molar-refractivity contribution is -0.140. The zero-order valence-corrected chi connectivity index (χ0v) is 13.3. The number of fused-ring (bicyclic) bond motifs is 1. The normalized spacial score (nSPS) is 13.6. The van der Waals surface area contributed by atoms with Gasteiger partial charge in [-0.05, 0) is 26.7 Å². The minimum Gasteiger partial charge on any atom is -0.345 e. The predicted octanol–water partition coefficient (Wildman–Crippen LogP) is -1.29. The van der Waals surface area contributed by atoms with Gasteiger partial charge in [-0.1, -0.05) is 0 Å². The summed E-state index contributed by atoms with van der Waals surface area (Å²) in [5, 5.41) is 6.58. The lowest BCUT2D eigenvalue weighted by atomic mass is 10.1. The maximum absolute atomic E-state index is 12.0. The average molecular weight is 331 g/mol. The SMILES string of the molecule is Cc1nc2ncnn2c(C)c1CC(=O)NNC(=O)C(=O)NC1CC1. The van der Waals surface area contributed by atoms with Crippen LogP contribution in [0.15, 0.2) is 6.33 Å². The molecule has 24 heavy (non-hydrogen) atoms. The molecule has 0 atom stereocenters. The van der Waals surface area contributed by atoms with Crippen molar-refractivity contribution in [1.82, 2.24) is 35.8 Å². The van der Waals surface area contributed by atoms with Crippen LogP contribution in [0.3, 0.4) is 0 Å². The first kappa shape index (κ1) is 15.8. The smallest absolute Gasteiger partial charge is 0.327 e. The summed E-state index contributed by atoms with van der Waals surface area (Å²) in [6, 6.07) is 0.0738. The topological polar surface area (TPSA) is 130 Å². The molecule has 3 N–H and O–H groups in total. The van der Waals surface area contributed by atoms with E-state index in [1.165, 1.54) is 10.8 Å². The molecule has 10 heteroatoms. The van der Waals surface area contributed by atoms with Crippen molar-refractivity contribution >= 4 is 23.5 Å². The molecular weight excluding hydrogens is 314 g/mol. The lowest BCUT2D eigenvalue weighted by Crippen LogP contribution is -2.49. The molecule has 2 aromatic heterocycles. The molecule has 0 aromatic carbocycles. The zero-order valence-electron chi connectivity index (χ0n) is 13.3. The van der Waals surface area contributed by atoms with Crippen molar-refractivity contribution in [3.05, 3.63) is 23.3 Å². The number of nitrogens with one attached hydrogen (secondary N) is 3. The molecule has 1 fully saturated rings. The number of rotatable bonds is 3. The number of carbonyl (C=O) groups is 3.